The maximum Gasteiger partial charge on any atom is 0.0729 e. The molecule has 0 bridgehead atoms. The molecular formula is C22H25N. The number of allylic oxidation sites excluding steroid dienone is 2. The summed E-state index contributed by atoms with van der Waals surface area (Å²) in [4.78, 5) is 2.43. The van der Waals surface area contributed by atoms with Crippen molar-refractivity contribution in [2.45, 2.75) is 33.7 Å². The number of benzene rings is 2. The number of nitrogens with zero attached hydrogens (tertiary/aromatic N) is 1. The minimum absolute atomic E-state index is 0.326. The van der Waals surface area contributed by atoms with Crippen LogP contribution in [0.25, 0.3) is 11.1 Å². The molecule has 1 heterocycles. The molecule has 0 amide bonds. The summed E-state index contributed by atoms with van der Waals surface area (Å²) in [6.45, 7) is 9.86. The van der Waals surface area contributed by atoms with Gasteiger partial charge in [-0.15, -0.1) is 0 Å². The lowest BCUT2D eigenvalue weighted by Gasteiger charge is -2.33. The van der Waals surface area contributed by atoms with Gasteiger partial charge < -0.3 is 4.90 Å². The molecule has 0 aliphatic carbocycles. The van der Waals surface area contributed by atoms with Crippen LogP contribution in [-0.2, 0) is 0 Å². The van der Waals surface area contributed by atoms with Gasteiger partial charge in [0, 0.05) is 12.7 Å². The lowest BCUT2D eigenvalue weighted by Crippen LogP contribution is -2.26. The van der Waals surface area contributed by atoms with Crippen LogP contribution in [0.3, 0.4) is 0 Å². The normalized spacial score (nSPS) is 17.7. The van der Waals surface area contributed by atoms with Gasteiger partial charge in [-0.3, -0.25) is 0 Å². The highest BCUT2D eigenvalue weighted by Crippen LogP contribution is 2.34. The molecule has 2 aromatic rings. The second kappa shape index (κ2) is 6.45. The van der Waals surface area contributed by atoms with E-state index in [2.05, 4.69) is 93.4 Å². The van der Waals surface area contributed by atoms with Crippen molar-refractivity contribution in [2.24, 2.45) is 0 Å². The van der Waals surface area contributed by atoms with Crippen LogP contribution in [0.5, 0.6) is 0 Å². The van der Waals surface area contributed by atoms with Crippen LogP contribution >= 0.6 is 0 Å². The molecule has 0 saturated heterocycles. The molecule has 0 saturated carbocycles. The van der Waals surface area contributed by atoms with Gasteiger partial charge in [-0.2, -0.15) is 0 Å². The Morgan fingerprint density at radius 1 is 0.870 bits per heavy atom. The number of hydrogen-bond acceptors (Lipinski definition) is 1. The Hall–Kier alpha value is -2.28. The zero-order valence-corrected chi connectivity index (χ0v) is 14.5. The molecule has 0 aromatic heterocycles. The molecule has 3 rings (SSSR count). The SMILES string of the molecule is CCN1C=C(C)C(C)=CC1c1cc(-c2ccccc2)ccc1C. The molecule has 0 radical (unpaired) electrons. The molecular weight excluding hydrogens is 278 g/mol. The largest absolute Gasteiger partial charge is 0.367 e. The summed E-state index contributed by atoms with van der Waals surface area (Å²) in [5.41, 5.74) is 8.06. The van der Waals surface area contributed by atoms with Gasteiger partial charge in [0.05, 0.1) is 6.04 Å². The zero-order valence-electron chi connectivity index (χ0n) is 14.5. The van der Waals surface area contributed by atoms with Crippen molar-refractivity contribution < 1.29 is 0 Å². The van der Waals surface area contributed by atoms with Crippen LogP contribution in [0, 0.1) is 6.92 Å². The van der Waals surface area contributed by atoms with Crippen molar-refractivity contribution in [1.82, 2.24) is 4.90 Å². The van der Waals surface area contributed by atoms with E-state index >= 15 is 0 Å². The van der Waals surface area contributed by atoms with E-state index in [4.69, 9.17) is 0 Å². The molecule has 0 spiro atoms. The van der Waals surface area contributed by atoms with Crippen molar-refractivity contribution in [3.05, 3.63) is 83.1 Å². The molecule has 1 unspecified atom stereocenters. The fourth-order valence-electron chi connectivity index (χ4n) is 3.22. The Labute approximate surface area is 140 Å². The highest BCUT2D eigenvalue weighted by Gasteiger charge is 2.21. The molecule has 118 valence electrons. The second-order valence-corrected chi connectivity index (χ2v) is 6.37. The standard InChI is InChI=1S/C22H25N/c1-5-23-15-18(4)17(3)13-22(23)21-14-20(12-11-16(21)2)19-9-7-6-8-10-19/h6-15,22H,5H2,1-4H3. The number of hydrogen-bond donors (Lipinski definition) is 0. The van der Waals surface area contributed by atoms with E-state index in [9.17, 15) is 0 Å². The molecule has 0 fully saturated rings. The molecule has 1 aliphatic rings. The van der Waals surface area contributed by atoms with Gasteiger partial charge >= 0.3 is 0 Å². The van der Waals surface area contributed by atoms with Crippen LogP contribution < -0.4 is 0 Å². The fourth-order valence-corrected chi connectivity index (χ4v) is 3.22. The van der Waals surface area contributed by atoms with Gasteiger partial charge in [0.2, 0.25) is 0 Å². The van der Waals surface area contributed by atoms with Gasteiger partial charge in [-0.1, -0.05) is 48.5 Å². The Morgan fingerprint density at radius 3 is 2.30 bits per heavy atom. The average molecular weight is 303 g/mol. The van der Waals surface area contributed by atoms with Crippen LogP contribution in [0.1, 0.15) is 37.9 Å². The van der Waals surface area contributed by atoms with Gasteiger partial charge in [0.15, 0.2) is 0 Å². The first kappa shape index (κ1) is 15.6. The van der Waals surface area contributed by atoms with E-state index in [0.717, 1.165) is 6.54 Å². The summed E-state index contributed by atoms with van der Waals surface area (Å²) in [6, 6.07) is 17.8. The Balaban J connectivity index is 2.06. The van der Waals surface area contributed by atoms with E-state index in [1.807, 2.05) is 0 Å². The lowest BCUT2D eigenvalue weighted by atomic mass is 9.91. The first-order chi connectivity index (χ1) is 11.1. The first-order valence-electron chi connectivity index (χ1n) is 8.39. The van der Waals surface area contributed by atoms with Crippen molar-refractivity contribution in [1.29, 1.82) is 0 Å². The van der Waals surface area contributed by atoms with Crippen LogP contribution in [-0.4, -0.2) is 11.4 Å². The van der Waals surface area contributed by atoms with Crippen molar-refractivity contribution >= 4 is 0 Å². The summed E-state index contributed by atoms with van der Waals surface area (Å²) in [7, 11) is 0. The average Bonchev–Trinajstić information content (AvgIpc) is 2.58. The van der Waals surface area contributed by atoms with Crippen molar-refractivity contribution in [3.63, 3.8) is 0 Å². The summed E-state index contributed by atoms with van der Waals surface area (Å²) in [6.07, 6.45) is 4.70. The summed E-state index contributed by atoms with van der Waals surface area (Å²) >= 11 is 0. The maximum absolute atomic E-state index is 2.43. The van der Waals surface area contributed by atoms with Gasteiger partial charge in [-0.05, 0) is 67.2 Å². The topological polar surface area (TPSA) is 3.24 Å². The molecule has 1 aliphatic heterocycles. The Morgan fingerprint density at radius 2 is 1.61 bits per heavy atom. The van der Waals surface area contributed by atoms with E-state index in [0.29, 0.717) is 6.04 Å². The summed E-state index contributed by atoms with van der Waals surface area (Å²) < 4.78 is 0. The lowest BCUT2D eigenvalue weighted by molar-refractivity contribution is 0.332. The Kier molecular flexibility index (Phi) is 4.38. The predicted molar refractivity (Wildman–Crippen MR) is 99.3 cm³/mol. The highest BCUT2D eigenvalue weighted by atomic mass is 15.1. The first-order valence-corrected chi connectivity index (χ1v) is 8.39. The minimum atomic E-state index is 0.326. The maximum atomic E-state index is 2.43. The smallest absolute Gasteiger partial charge is 0.0729 e. The third-order valence-corrected chi connectivity index (χ3v) is 4.82. The van der Waals surface area contributed by atoms with E-state index in [1.54, 1.807) is 0 Å². The molecule has 1 heteroatoms. The van der Waals surface area contributed by atoms with Gasteiger partial charge in [0.25, 0.3) is 0 Å². The molecule has 1 nitrogen and oxygen atoms in total. The fraction of sp³-hybridized carbons (Fsp3) is 0.273. The molecule has 2 aromatic carbocycles. The predicted octanol–water partition coefficient (Wildman–Crippen LogP) is 5.89. The molecule has 0 N–H and O–H groups in total. The highest BCUT2D eigenvalue weighted by molar-refractivity contribution is 5.65. The second-order valence-electron chi connectivity index (χ2n) is 6.37. The zero-order chi connectivity index (χ0) is 16.4. The number of rotatable bonds is 3. The number of likely N-dealkylation sites (N-methyl/N-ethyl adjacent to an activating group) is 1. The van der Waals surface area contributed by atoms with Gasteiger partial charge in [0.1, 0.15) is 0 Å². The number of aryl methyl sites for hydroxylation is 1. The summed E-state index contributed by atoms with van der Waals surface area (Å²) in [5.74, 6) is 0. The third-order valence-electron chi connectivity index (χ3n) is 4.82. The van der Waals surface area contributed by atoms with Crippen LogP contribution in [0.2, 0.25) is 0 Å². The quantitative estimate of drug-likeness (QED) is 0.683. The van der Waals surface area contributed by atoms with E-state index < -0.39 is 0 Å². The monoisotopic (exact) mass is 303 g/mol. The molecule has 23 heavy (non-hydrogen) atoms. The van der Waals surface area contributed by atoms with Crippen molar-refractivity contribution in [2.75, 3.05) is 6.54 Å². The third kappa shape index (κ3) is 3.10. The Bertz CT molecular complexity index is 753. The van der Waals surface area contributed by atoms with Crippen LogP contribution in [0.4, 0.5) is 0 Å². The van der Waals surface area contributed by atoms with Crippen molar-refractivity contribution in [3.8, 4) is 11.1 Å². The van der Waals surface area contributed by atoms with Crippen LogP contribution in [0.15, 0.2) is 72.0 Å². The van der Waals surface area contributed by atoms with E-state index in [1.165, 1.54) is 33.4 Å². The minimum Gasteiger partial charge on any atom is -0.367 e. The van der Waals surface area contributed by atoms with E-state index in [-0.39, 0.29) is 0 Å². The molecule has 1 atom stereocenters. The van der Waals surface area contributed by atoms with Gasteiger partial charge in [-0.25, -0.2) is 0 Å². The summed E-state index contributed by atoms with van der Waals surface area (Å²) in [5, 5.41) is 0.